The highest BCUT2D eigenvalue weighted by Crippen LogP contribution is 2.37. The average molecular weight is 287 g/mol. The monoisotopic (exact) mass is 287 g/mol. The topological polar surface area (TPSA) is 47.0 Å². The summed E-state index contributed by atoms with van der Waals surface area (Å²) < 4.78 is 0. The summed E-state index contributed by atoms with van der Waals surface area (Å²) >= 11 is 0. The molecule has 3 aliphatic rings. The van der Waals surface area contributed by atoms with Crippen LogP contribution in [0.4, 0.5) is 10.5 Å². The minimum absolute atomic E-state index is 0.0605. The third-order valence-electron chi connectivity index (χ3n) is 4.71. The molecule has 0 bridgehead atoms. The molecule has 21 heavy (non-hydrogen) atoms. The zero-order valence-corrected chi connectivity index (χ0v) is 12.4. The maximum absolute atomic E-state index is 12.7. The van der Waals surface area contributed by atoms with Gasteiger partial charge in [-0.2, -0.15) is 0 Å². The predicted molar refractivity (Wildman–Crippen MR) is 80.4 cm³/mol. The van der Waals surface area contributed by atoms with Gasteiger partial charge >= 0.3 is 6.03 Å². The van der Waals surface area contributed by atoms with Crippen LogP contribution in [0.3, 0.4) is 0 Å². The zero-order valence-electron chi connectivity index (χ0n) is 12.4. The van der Waals surface area contributed by atoms with Crippen LogP contribution in [0, 0.1) is 0 Å². The molecule has 0 atom stereocenters. The molecule has 5 heteroatoms. The average Bonchev–Trinajstić information content (AvgIpc) is 3.21. The van der Waals surface area contributed by atoms with Crippen molar-refractivity contribution in [2.24, 2.45) is 0 Å². The number of rotatable bonds is 2. The van der Waals surface area contributed by atoms with Crippen LogP contribution in [-0.2, 0) is 13.1 Å². The Bertz CT molecular complexity index is 597. The summed E-state index contributed by atoms with van der Waals surface area (Å²) in [5.74, 6) is 0.232. The molecule has 1 saturated carbocycles. The molecular weight excluding hydrogens is 266 g/mol. The van der Waals surface area contributed by atoms with E-state index >= 15 is 0 Å². The first kappa shape index (κ1) is 13.0. The molecule has 1 aromatic carbocycles. The molecule has 0 unspecified atom stereocenters. The van der Waals surface area contributed by atoms with Gasteiger partial charge in [-0.15, -0.1) is 0 Å². The van der Waals surface area contributed by atoms with E-state index in [1.807, 2.05) is 17.0 Å². The lowest BCUT2D eigenvalue weighted by Crippen LogP contribution is -2.50. The fourth-order valence-corrected chi connectivity index (χ4v) is 3.51. The number of hydrogen-bond acceptors (Lipinski definition) is 3. The molecule has 2 fully saturated rings. The zero-order chi connectivity index (χ0) is 14.6. The van der Waals surface area contributed by atoms with Crippen LogP contribution < -0.4 is 4.90 Å². The Kier molecular flexibility index (Phi) is 2.85. The Hall–Kier alpha value is -1.75. The number of aromatic hydroxyl groups is 1. The summed E-state index contributed by atoms with van der Waals surface area (Å²) in [6.45, 7) is 3.31. The number of benzene rings is 1. The van der Waals surface area contributed by atoms with E-state index in [2.05, 4.69) is 11.9 Å². The van der Waals surface area contributed by atoms with Crippen molar-refractivity contribution in [3.63, 3.8) is 0 Å². The second-order valence-corrected chi connectivity index (χ2v) is 6.49. The molecule has 112 valence electrons. The van der Waals surface area contributed by atoms with Crippen molar-refractivity contribution >= 4 is 11.7 Å². The highest BCUT2D eigenvalue weighted by Gasteiger charge is 2.38. The van der Waals surface area contributed by atoms with Crippen LogP contribution >= 0.6 is 0 Å². The molecule has 0 radical (unpaired) electrons. The molecule has 2 heterocycles. The van der Waals surface area contributed by atoms with E-state index in [1.54, 1.807) is 4.90 Å². The summed E-state index contributed by atoms with van der Waals surface area (Å²) in [5, 5.41) is 10.3. The minimum Gasteiger partial charge on any atom is -0.506 e. The predicted octanol–water partition coefficient (Wildman–Crippen LogP) is 2.13. The molecule has 4 rings (SSSR count). The van der Waals surface area contributed by atoms with Crippen molar-refractivity contribution in [1.82, 2.24) is 9.80 Å². The maximum Gasteiger partial charge on any atom is 0.324 e. The largest absolute Gasteiger partial charge is 0.506 e. The lowest BCUT2D eigenvalue weighted by Gasteiger charge is -2.36. The van der Waals surface area contributed by atoms with Crippen LogP contribution in [0.1, 0.15) is 30.4 Å². The molecule has 1 aromatic rings. The van der Waals surface area contributed by atoms with Crippen LogP contribution in [0.15, 0.2) is 12.1 Å². The van der Waals surface area contributed by atoms with Crippen LogP contribution in [-0.4, -0.2) is 47.1 Å². The number of amides is 2. The smallest absolute Gasteiger partial charge is 0.324 e. The molecule has 2 aliphatic heterocycles. The van der Waals surface area contributed by atoms with Gasteiger partial charge in [0.15, 0.2) is 0 Å². The standard InChI is InChI=1S/C16H21N3O2/c1-17-9-11-7-14(15(20)8-12(11)10-17)19-6-2-5-18(16(19)21)13-3-4-13/h7-8,13,20H,2-6,9-10H2,1H3. The third kappa shape index (κ3) is 2.16. The lowest BCUT2D eigenvalue weighted by atomic mass is 10.1. The van der Waals surface area contributed by atoms with E-state index in [-0.39, 0.29) is 11.8 Å². The van der Waals surface area contributed by atoms with E-state index in [9.17, 15) is 9.90 Å². The quantitative estimate of drug-likeness (QED) is 0.906. The first-order chi connectivity index (χ1) is 10.1. The van der Waals surface area contributed by atoms with E-state index in [0.29, 0.717) is 18.3 Å². The molecular formula is C16H21N3O2. The Labute approximate surface area is 124 Å². The Morgan fingerprint density at radius 1 is 1.14 bits per heavy atom. The number of phenols is 1. The van der Waals surface area contributed by atoms with Crippen molar-refractivity contribution in [3.8, 4) is 5.75 Å². The number of carbonyl (C=O) groups is 1. The summed E-state index contributed by atoms with van der Waals surface area (Å²) in [7, 11) is 2.07. The van der Waals surface area contributed by atoms with Crippen LogP contribution in [0.5, 0.6) is 5.75 Å². The summed E-state index contributed by atoms with van der Waals surface area (Å²) in [4.78, 5) is 18.6. The SMILES string of the molecule is CN1Cc2cc(O)c(N3CCCN(C4CC4)C3=O)cc2C1. The number of hydrogen-bond donors (Lipinski definition) is 1. The summed E-state index contributed by atoms with van der Waals surface area (Å²) in [5.41, 5.74) is 3.07. The first-order valence-electron chi connectivity index (χ1n) is 7.75. The molecule has 5 nitrogen and oxygen atoms in total. The first-order valence-corrected chi connectivity index (χ1v) is 7.75. The number of fused-ring (bicyclic) bond motifs is 1. The van der Waals surface area contributed by atoms with E-state index < -0.39 is 0 Å². The van der Waals surface area contributed by atoms with Crippen molar-refractivity contribution in [2.45, 2.75) is 38.4 Å². The van der Waals surface area contributed by atoms with Crippen LogP contribution in [0.2, 0.25) is 0 Å². The Balaban J connectivity index is 1.66. The lowest BCUT2D eigenvalue weighted by molar-refractivity contribution is 0.192. The van der Waals surface area contributed by atoms with Gasteiger partial charge < -0.3 is 10.0 Å². The highest BCUT2D eigenvalue weighted by atomic mass is 16.3. The van der Waals surface area contributed by atoms with Crippen molar-refractivity contribution < 1.29 is 9.90 Å². The minimum atomic E-state index is 0.0605. The van der Waals surface area contributed by atoms with Crippen molar-refractivity contribution in [2.75, 3.05) is 25.0 Å². The molecule has 1 saturated heterocycles. The summed E-state index contributed by atoms with van der Waals surface area (Å²) in [6, 6.07) is 4.33. The number of carbonyl (C=O) groups excluding carboxylic acids is 1. The fraction of sp³-hybridized carbons (Fsp3) is 0.562. The number of urea groups is 1. The fourth-order valence-electron chi connectivity index (χ4n) is 3.51. The second-order valence-electron chi connectivity index (χ2n) is 6.49. The van der Waals surface area contributed by atoms with E-state index in [1.165, 1.54) is 11.1 Å². The Morgan fingerprint density at radius 3 is 2.57 bits per heavy atom. The van der Waals surface area contributed by atoms with E-state index in [4.69, 9.17) is 0 Å². The Morgan fingerprint density at radius 2 is 1.86 bits per heavy atom. The number of phenolic OH excluding ortho intramolecular Hbond substituents is 1. The van der Waals surface area contributed by atoms with Crippen molar-refractivity contribution in [3.05, 3.63) is 23.3 Å². The van der Waals surface area contributed by atoms with Crippen LogP contribution in [0.25, 0.3) is 0 Å². The normalized spacial score (nSPS) is 22.8. The molecule has 0 aromatic heterocycles. The second kappa shape index (κ2) is 4.63. The van der Waals surface area contributed by atoms with Gasteiger partial charge in [0.1, 0.15) is 5.75 Å². The van der Waals surface area contributed by atoms with Gasteiger partial charge in [0.2, 0.25) is 0 Å². The van der Waals surface area contributed by atoms with Gasteiger partial charge in [-0.05, 0) is 49.6 Å². The number of nitrogens with zero attached hydrogens (tertiary/aromatic N) is 3. The maximum atomic E-state index is 12.7. The summed E-state index contributed by atoms with van der Waals surface area (Å²) in [6.07, 6.45) is 3.22. The van der Waals surface area contributed by atoms with Crippen molar-refractivity contribution in [1.29, 1.82) is 0 Å². The van der Waals surface area contributed by atoms with Gasteiger partial charge in [0, 0.05) is 32.2 Å². The number of anilines is 1. The van der Waals surface area contributed by atoms with Gasteiger partial charge in [0.25, 0.3) is 0 Å². The molecule has 1 N–H and O–H groups in total. The molecule has 0 spiro atoms. The highest BCUT2D eigenvalue weighted by molar-refractivity contribution is 5.94. The van der Waals surface area contributed by atoms with E-state index in [0.717, 1.165) is 38.9 Å². The van der Waals surface area contributed by atoms with Gasteiger partial charge in [-0.25, -0.2) is 4.79 Å². The third-order valence-corrected chi connectivity index (χ3v) is 4.71. The molecule has 2 amide bonds. The van der Waals surface area contributed by atoms with Gasteiger partial charge in [0.05, 0.1) is 5.69 Å². The molecule has 1 aliphatic carbocycles. The van der Waals surface area contributed by atoms with Gasteiger partial charge in [-0.3, -0.25) is 9.80 Å². The van der Waals surface area contributed by atoms with Gasteiger partial charge in [-0.1, -0.05) is 0 Å².